The van der Waals surface area contributed by atoms with Crippen molar-refractivity contribution in [3.05, 3.63) is 65.5 Å². The number of aromatic nitrogens is 1. The molecular weight excluding hydrogens is 464 g/mol. The first-order chi connectivity index (χ1) is 17.6. The van der Waals surface area contributed by atoms with Gasteiger partial charge in [0.15, 0.2) is 0 Å². The van der Waals surface area contributed by atoms with Crippen molar-refractivity contribution < 1.29 is 19.1 Å². The van der Waals surface area contributed by atoms with E-state index in [0.717, 1.165) is 34.4 Å². The zero-order valence-corrected chi connectivity index (χ0v) is 22.6. The van der Waals surface area contributed by atoms with Crippen molar-refractivity contribution in [2.24, 2.45) is 11.8 Å². The molecule has 3 aromatic rings. The molecule has 37 heavy (non-hydrogen) atoms. The molecule has 4 rings (SSSR count). The summed E-state index contributed by atoms with van der Waals surface area (Å²) in [5.74, 6) is 1.04. The fourth-order valence-corrected chi connectivity index (χ4v) is 4.90. The van der Waals surface area contributed by atoms with Gasteiger partial charge in [-0.25, -0.2) is 4.98 Å². The monoisotopic (exact) mass is 502 g/mol. The smallest absolute Gasteiger partial charge is 0.310 e. The largest absolute Gasteiger partial charge is 0.469 e. The molecule has 1 atom stereocenters. The minimum atomic E-state index is -0.426. The highest BCUT2D eigenvalue weighted by molar-refractivity contribution is 5.97. The van der Waals surface area contributed by atoms with Crippen molar-refractivity contribution in [3.63, 3.8) is 0 Å². The molecule has 1 amide bonds. The van der Waals surface area contributed by atoms with Gasteiger partial charge in [0.1, 0.15) is 17.2 Å². The molecule has 1 aliphatic rings. The fourth-order valence-electron chi connectivity index (χ4n) is 4.90. The maximum Gasteiger partial charge on any atom is 0.310 e. The summed E-state index contributed by atoms with van der Waals surface area (Å²) >= 11 is 0. The predicted octanol–water partition coefficient (Wildman–Crippen LogP) is 6.60. The van der Waals surface area contributed by atoms with Crippen LogP contribution >= 0.6 is 0 Å². The quantitative estimate of drug-likeness (QED) is 0.351. The van der Waals surface area contributed by atoms with Gasteiger partial charge in [-0.2, -0.15) is 0 Å². The highest BCUT2D eigenvalue weighted by atomic mass is 16.5. The minimum Gasteiger partial charge on any atom is -0.469 e. The van der Waals surface area contributed by atoms with E-state index in [2.05, 4.69) is 38.2 Å². The Morgan fingerprint density at radius 3 is 2.35 bits per heavy atom. The van der Waals surface area contributed by atoms with Crippen LogP contribution in [0.25, 0.3) is 10.8 Å². The molecule has 1 fully saturated rings. The molecule has 0 spiro atoms. The maximum atomic E-state index is 12.9. The SMILES string of the molecule is COC(=O)[C@H](C)CNC(=O)c1cc2ccc(Oc3ccc(C(C)(C)C)cc3)cc2c(CC2CCCC2)n1. The lowest BCUT2D eigenvalue weighted by molar-refractivity contribution is -0.144. The average Bonchev–Trinajstić information content (AvgIpc) is 3.39. The number of hydrogen-bond acceptors (Lipinski definition) is 5. The van der Waals surface area contributed by atoms with E-state index in [1.807, 2.05) is 36.4 Å². The van der Waals surface area contributed by atoms with Crippen molar-refractivity contribution in [1.82, 2.24) is 10.3 Å². The Kier molecular flexibility index (Phi) is 8.16. The number of ether oxygens (including phenoxy) is 2. The molecule has 2 aromatic carbocycles. The van der Waals surface area contributed by atoms with Crippen LogP contribution in [0.4, 0.5) is 0 Å². The Labute approximate surface area is 219 Å². The second-order valence-corrected chi connectivity index (χ2v) is 11.2. The molecule has 1 heterocycles. The Bertz CT molecular complexity index is 1250. The van der Waals surface area contributed by atoms with E-state index in [1.54, 1.807) is 6.92 Å². The standard InChI is InChI=1S/C31H38N2O4/c1-20(30(35)36-5)19-32-29(34)28-17-22-10-13-25(37-24-14-11-23(12-15-24)31(2,3)4)18-26(22)27(33-28)16-21-8-6-7-9-21/h10-15,17-18,20-21H,6-9,16,19H2,1-5H3,(H,32,34)/t20-/m1/s1. The topological polar surface area (TPSA) is 77.5 Å². The van der Waals surface area contributed by atoms with Crippen molar-refractivity contribution in [1.29, 1.82) is 0 Å². The summed E-state index contributed by atoms with van der Waals surface area (Å²) in [6.45, 7) is 8.51. The highest BCUT2D eigenvalue weighted by Crippen LogP contribution is 2.33. The number of hydrogen-bond donors (Lipinski definition) is 1. The number of carbonyl (C=O) groups excluding carboxylic acids is 2. The molecule has 1 aliphatic carbocycles. The van der Waals surface area contributed by atoms with Crippen LogP contribution in [0.2, 0.25) is 0 Å². The highest BCUT2D eigenvalue weighted by Gasteiger charge is 2.21. The van der Waals surface area contributed by atoms with E-state index in [1.165, 1.54) is 38.4 Å². The Morgan fingerprint density at radius 1 is 1.03 bits per heavy atom. The molecule has 6 nitrogen and oxygen atoms in total. The summed E-state index contributed by atoms with van der Waals surface area (Å²) in [4.78, 5) is 29.5. The molecule has 1 N–H and O–H groups in total. The Balaban J connectivity index is 1.60. The molecule has 0 saturated heterocycles. The zero-order chi connectivity index (χ0) is 26.6. The number of amides is 1. The normalized spacial score (nSPS) is 14.9. The number of nitrogens with one attached hydrogen (secondary N) is 1. The van der Waals surface area contributed by atoms with E-state index < -0.39 is 5.92 Å². The number of fused-ring (bicyclic) bond motifs is 1. The second kappa shape index (κ2) is 11.3. The van der Waals surface area contributed by atoms with Crippen LogP contribution in [-0.2, 0) is 21.4 Å². The van der Waals surface area contributed by atoms with Gasteiger partial charge >= 0.3 is 5.97 Å². The summed E-state index contributed by atoms with van der Waals surface area (Å²) in [5.41, 5.74) is 2.63. The fraction of sp³-hybridized carbons (Fsp3) is 0.452. The van der Waals surface area contributed by atoms with Gasteiger partial charge in [-0.1, -0.05) is 71.6 Å². The Morgan fingerprint density at radius 2 is 1.70 bits per heavy atom. The van der Waals surface area contributed by atoms with Crippen molar-refractivity contribution in [2.45, 2.75) is 65.2 Å². The first-order valence-electron chi connectivity index (χ1n) is 13.2. The third kappa shape index (κ3) is 6.68. The van der Waals surface area contributed by atoms with E-state index in [9.17, 15) is 9.59 Å². The van der Waals surface area contributed by atoms with E-state index in [4.69, 9.17) is 14.5 Å². The van der Waals surface area contributed by atoms with Gasteiger partial charge in [0.05, 0.1) is 13.0 Å². The molecule has 1 saturated carbocycles. The number of benzene rings is 2. The van der Waals surface area contributed by atoms with Crippen LogP contribution in [0.5, 0.6) is 11.5 Å². The summed E-state index contributed by atoms with van der Waals surface area (Å²) in [7, 11) is 1.35. The molecular formula is C31H38N2O4. The molecule has 196 valence electrons. The van der Waals surface area contributed by atoms with Crippen LogP contribution < -0.4 is 10.1 Å². The summed E-state index contributed by atoms with van der Waals surface area (Å²) < 4.78 is 11.0. The molecule has 6 heteroatoms. The lowest BCUT2D eigenvalue weighted by Gasteiger charge is -2.19. The lowest BCUT2D eigenvalue weighted by Crippen LogP contribution is -2.32. The van der Waals surface area contributed by atoms with Gasteiger partial charge in [-0.3, -0.25) is 9.59 Å². The van der Waals surface area contributed by atoms with Crippen molar-refractivity contribution in [2.75, 3.05) is 13.7 Å². The lowest BCUT2D eigenvalue weighted by atomic mass is 9.87. The van der Waals surface area contributed by atoms with Gasteiger partial charge in [0.25, 0.3) is 5.91 Å². The molecule has 0 radical (unpaired) electrons. The van der Waals surface area contributed by atoms with E-state index in [-0.39, 0.29) is 23.8 Å². The first kappa shape index (κ1) is 26.6. The zero-order valence-electron chi connectivity index (χ0n) is 22.6. The summed E-state index contributed by atoms with van der Waals surface area (Å²) in [5, 5.41) is 4.79. The maximum absolute atomic E-state index is 12.9. The molecule has 0 aliphatic heterocycles. The van der Waals surface area contributed by atoms with Crippen LogP contribution in [0.15, 0.2) is 48.5 Å². The van der Waals surface area contributed by atoms with Crippen LogP contribution in [0.3, 0.4) is 0 Å². The van der Waals surface area contributed by atoms with Gasteiger partial charge in [-0.15, -0.1) is 0 Å². The van der Waals surface area contributed by atoms with Gasteiger partial charge in [0, 0.05) is 17.6 Å². The van der Waals surface area contributed by atoms with Crippen LogP contribution in [0, 0.1) is 11.8 Å². The first-order valence-corrected chi connectivity index (χ1v) is 13.2. The summed E-state index contributed by atoms with van der Waals surface area (Å²) in [6, 6.07) is 16.0. The summed E-state index contributed by atoms with van der Waals surface area (Å²) in [6.07, 6.45) is 5.69. The van der Waals surface area contributed by atoms with Crippen molar-refractivity contribution in [3.8, 4) is 11.5 Å². The average molecular weight is 503 g/mol. The number of pyridine rings is 1. The molecule has 0 unspecified atom stereocenters. The van der Waals surface area contributed by atoms with Gasteiger partial charge < -0.3 is 14.8 Å². The van der Waals surface area contributed by atoms with Crippen LogP contribution in [-0.4, -0.2) is 30.5 Å². The number of methoxy groups -OCH3 is 1. The number of esters is 1. The van der Waals surface area contributed by atoms with Crippen LogP contribution in [0.1, 0.15) is 75.1 Å². The van der Waals surface area contributed by atoms with Gasteiger partial charge in [-0.05, 0) is 59.0 Å². The van der Waals surface area contributed by atoms with Gasteiger partial charge in [0.2, 0.25) is 0 Å². The third-order valence-corrected chi connectivity index (χ3v) is 7.20. The Hall–Kier alpha value is -3.41. The third-order valence-electron chi connectivity index (χ3n) is 7.20. The number of carbonyl (C=O) groups is 2. The molecule has 0 bridgehead atoms. The van der Waals surface area contributed by atoms with E-state index in [0.29, 0.717) is 11.6 Å². The predicted molar refractivity (Wildman–Crippen MR) is 146 cm³/mol. The van der Waals surface area contributed by atoms with Crippen molar-refractivity contribution >= 4 is 22.6 Å². The number of rotatable bonds is 8. The van der Waals surface area contributed by atoms with E-state index >= 15 is 0 Å². The number of nitrogens with zero attached hydrogens (tertiary/aromatic N) is 1. The second-order valence-electron chi connectivity index (χ2n) is 11.2. The minimum absolute atomic E-state index is 0.0869. The molecule has 1 aromatic heterocycles.